The van der Waals surface area contributed by atoms with Crippen LogP contribution in [0.2, 0.25) is 18.1 Å². The van der Waals surface area contributed by atoms with Crippen LogP contribution in [0.3, 0.4) is 0 Å². The fourth-order valence-corrected chi connectivity index (χ4v) is 9.18. The van der Waals surface area contributed by atoms with E-state index in [9.17, 15) is 4.79 Å². The summed E-state index contributed by atoms with van der Waals surface area (Å²) in [4.78, 5) is 12.1. The van der Waals surface area contributed by atoms with E-state index in [0.29, 0.717) is 33.7 Å². The summed E-state index contributed by atoms with van der Waals surface area (Å²) in [5, 5.41) is 0.290. The Morgan fingerprint density at radius 1 is 0.929 bits per heavy atom. The van der Waals surface area contributed by atoms with Gasteiger partial charge in [0.2, 0.25) is 0 Å². The lowest BCUT2D eigenvalue weighted by atomic mass is 9.45. The fraction of sp³-hybridized carbons (Fsp3) is 0.960. The molecule has 0 saturated heterocycles. The predicted molar refractivity (Wildman–Crippen MR) is 119 cm³/mol. The molecule has 0 unspecified atom stereocenters. The first kappa shape index (κ1) is 21.1. The van der Waals surface area contributed by atoms with Crippen LogP contribution in [-0.2, 0) is 9.22 Å². The zero-order chi connectivity index (χ0) is 20.5. The van der Waals surface area contributed by atoms with Gasteiger partial charge >= 0.3 is 0 Å². The van der Waals surface area contributed by atoms with Crippen molar-refractivity contribution in [2.75, 3.05) is 0 Å². The second-order valence-electron chi connectivity index (χ2n) is 12.9. The lowest BCUT2D eigenvalue weighted by Crippen LogP contribution is -2.55. The van der Waals surface area contributed by atoms with Crippen molar-refractivity contribution in [2.24, 2.45) is 34.5 Å². The van der Waals surface area contributed by atoms with E-state index in [1.807, 2.05) is 0 Å². The number of fused-ring (bicyclic) bond motifs is 5. The summed E-state index contributed by atoms with van der Waals surface area (Å²) in [6, 6.07) is 0. The topological polar surface area (TPSA) is 26.3 Å². The molecule has 0 amide bonds. The number of hydrogen-bond donors (Lipinski definition) is 0. The highest BCUT2D eigenvalue weighted by Gasteiger charge is 2.61. The molecule has 0 radical (unpaired) electrons. The van der Waals surface area contributed by atoms with Gasteiger partial charge in [-0.15, -0.1) is 0 Å². The first-order chi connectivity index (χ1) is 12.9. The number of ketones is 1. The Labute approximate surface area is 174 Å². The molecular formula is C25H44O2Si. The van der Waals surface area contributed by atoms with Crippen molar-refractivity contribution in [3.05, 3.63) is 0 Å². The Bertz CT molecular complexity index is 635. The van der Waals surface area contributed by atoms with Gasteiger partial charge in [-0.3, -0.25) is 4.79 Å². The molecule has 0 spiro atoms. The van der Waals surface area contributed by atoms with Crippen LogP contribution in [0, 0.1) is 34.5 Å². The van der Waals surface area contributed by atoms with E-state index in [-0.39, 0.29) is 0 Å². The molecule has 28 heavy (non-hydrogen) atoms. The monoisotopic (exact) mass is 404 g/mol. The minimum absolute atomic E-state index is 0.290. The smallest absolute Gasteiger partial charge is 0.192 e. The van der Waals surface area contributed by atoms with Crippen LogP contribution in [0.5, 0.6) is 0 Å². The van der Waals surface area contributed by atoms with Gasteiger partial charge in [-0.2, -0.15) is 0 Å². The summed E-state index contributed by atoms with van der Waals surface area (Å²) in [5.41, 5.74) is 0.806. The molecule has 0 aliphatic heterocycles. The molecule has 4 aliphatic rings. The zero-order valence-electron chi connectivity index (χ0n) is 19.6. The minimum atomic E-state index is -1.72. The molecule has 0 bridgehead atoms. The predicted octanol–water partition coefficient (Wildman–Crippen LogP) is 6.99. The van der Waals surface area contributed by atoms with Crippen LogP contribution in [0.15, 0.2) is 0 Å². The molecule has 160 valence electrons. The first-order valence-corrected chi connectivity index (χ1v) is 15.0. The number of carbonyl (C=O) groups is 1. The standard InChI is InChI=1S/C25H44O2Si/c1-23(2,3)28(6,7)27-22-11-10-20-19-9-8-17-16-18(26)12-14-24(17,4)21(19)13-15-25(20,22)5/h17,19-22H,8-16H2,1-7H3/t17-,19-,20-,21-,22-,24-,25-/m1/s1. The van der Waals surface area contributed by atoms with Crippen molar-refractivity contribution in [3.63, 3.8) is 0 Å². The Hall–Kier alpha value is -0.153. The van der Waals surface area contributed by atoms with Gasteiger partial charge in [-0.25, -0.2) is 0 Å². The summed E-state index contributed by atoms with van der Waals surface area (Å²) < 4.78 is 7.06. The summed E-state index contributed by atoms with van der Waals surface area (Å²) in [7, 11) is -1.72. The molecule has 0 aromatic heterocycles. The van der Waals surface area contributed by atoms with Gasteiger partial charge in [0.25, 0.3) is 0 Å². The van der Waals surface area contributed by atoms with Crippen molar-refractivity contribution in [1.29, 1.82) is 0 Å². The molecule has 4 rings (SSSR count). The summed E-state index contributed by atoms with van der Waals surface area (Å²) in [6.45, 7) is 17.1. The third kappa shape index (κ3) is 3.09. The molecule has 0 aromatic carbocycles. The SMILES string of the molecule is CC(C)(C)[Si](C)(C)O[C@@H]1CC[C@@H]2[C@H]3CC[C@@H]4CC(=O)CC[C@@]4(C)[C@@H]3CC[C@]21C. The van der Waals surface area contributed by atoms with E-state index < -0.39 is 8.32 Å². The molecule has 4 fully saturated rings. The van der Waals surface area contributed by atoms with E-state index in [1.54, 1.807) is 0 Å². The molecule has 0 heterocycles. The second-order valence-corrected chi connectivity index (χ2v) is 17.6. The van der Waals surface area contributed by atoms with Gasteiger partial charge < -0.3 is 4.43 Å². The molecule has 0 N–H and O–H groups in total. The molecule has 3 heteroatoms. The first-order valence-electron chi connectivity index (χ1n) is 12.1. The van der Waals surface area contributed by atoms with Crippen molar-refractivity contribution in [2.45, 2.75) is 117 Å². The van der Waals surface area contributed by atoms with E-state index in [0.717, 1.165) is 37.0 Å². The van der Waals surface area contributed by atoms with Gasteiger partial charge in [-0.1, -0.05) is 34.6 Å². The fourth-order valence-electron chi connectivity index (χ4n) is 7.72. The molecular weight excluding hydrogens is 360 g/mol. The Balaban J connectivity index is 1.55. The Kier molecular flexibility index (Phi) is 5.03. The van der Waals surface area contributed by atoms with E-state index in [1.165, 1.54) is 38.5 Å². The lowest BCUT2D eigenvalue weighted by Gasteiger charge is -2.60. The number of rotatable bonds is 2. The number of Topliss-reactive ketones (excluding diaryl/α,β-unsaturated/α-hetero) is 1. The number of carbonyl (C=O) groups excluding carboxylic acids is 1. The summed E-state index contributed by atoms with van der Waals surface area (Å²) in [5.74, 6) is 3.77. The molecule has 0 aromatic rings. The van der Waals surface area contributed by atoms with Crippen molar-refractivity contribution >= 4 is 14.1 Å². The van der Waals surface area contributed by atoms with Gasteiger partial charge in [0.1, 0.15) is 5.78 Å². The maximum atomic E-state index is 12.1. The highest BCUT2D eigenvalue weighted by Crippen LogP contribution is 2.66. The van der Waals surface area contributed by atoms with Crippen LogP contribution in [0.4, 0.5) is 0 Å². The van der Waals surface area contributed by atoms with Crippen molar-refractivity contribution in [1.82, 2.24) is 0 Å². The molecule has 4 aliphatic carbocycles. The quantitative estimate of drug-likeness (QED) is 0.464. The van der Waals surface area contributed by atoms with Gasteiger partial charge in [0.15, 0.2) is 8.32 Å². The van der Waals surface area contributed by atoms with Gasteiger partial charge in [0.05, 0.1) is 6.10 Å². The van der Waals surface area contributed by atoms with E-state index in [4.69, 9.17) is 4.43 Å². The highest BCUT2D eigenvalue weighted by atomic mass is 28.4. The van der Waals surface area contributed by atoms with Crippen molar-refractivity contribution in [3.8, 4) is 0 Å². The highest BCUT2D eigenvalue weighted by molar-refractivity contribution is 6.74. The zero-order valence-corrected chi connectivity index (χ0v) is 20.6. The third-order valence-electron chi connectivity index (χ3n) is 10.6. The molecule has 4 saturated carbocycles. The molecule has 2 nitrogen and oxygen atoms in total. The second kappa shape index (κ2) is 6.67. The van der Waals surface area contributed by atoms with Gasteiger partial charge in [0, 0.05) is 12.8 Å². The summed E-state index contributed by atoms with van der Waals surface area (Å²) >= 11 is 0. The number of hydrogen-bond acceptors (Lipinski definition) is 2. The van der Waals surface area contributed by atoms with Crippen molar-refractivity contribution < 1.29 is 9.22 Å². The van der Waals surface area contributed by atoms with E-state index >= 15 is 0 Å². The Morgan fingerprint density at radius 3 is 2.29 bits per heavy atom. The van der Waals surface area contributed by atoms with E-state index in [2.05, 4.69) is 47.7 Å². The average Bonchev–Trinajstić information content (AvgIpc) is 2.91. The minimum Gasteiger partial charge on any atom is -0.413 e. The Morgan fingerprint density at radius 2 is 1.61 bits per heavy atom. The van der Waals surface area contributed by atoms with Crippen LogP contribution < -0.4 is 0 Å². The van der Waals surface area contributed by atoms with Crippen LogP contribution in [0.25, 0.3) is 0 Å². The van der Waals surface area contributed by atoms with Crippen LogP contribution in [-0.4, -0.2) is 20.2 Å². The average molecular weight is 405 g/mol. The largest absolute Gasteiger partial charge is 0.413 e. The maximum Gasteiger partial charge on any atom is 0.192 e. The van der Waals surface area contributed by atoms with Crippen LogP contribution >= 0.6 is 0 Å². The lowest BCUT2D eigenvalue weighted by molar-refractivity contribution is -0.141. The summed E-state index contributed by atoms with van der Waals surface area (Å²) in [6.07, 6.45) is 11.4. The van der Waals surface area contributed by atoms with Crippen LogP contribution in [0.1, 0.15) is 92.4 Å². The van der Waals surface area contributed by atoms with Gasteiger partial charge in [-0.05, 0) is 97.6 Å². The maximum absolute atomic E-state index is 12.1. The third-order valence-corrected chi connectivity index (χ3v) is 15.1. The normalized spacial score (nSPS) is 46.7. The molecule has 7 atom stereocenters.